The van der Waals surface area contributed by atoms with Crippen molar-refractivity contribution in [2.75, 3.05) is 0 Å². The SMILES string of the molecule is [Bi][c]1cccc(Cc2ccccc2)n1. The third kappa shape index (κ3) is 2.62. The van der Waals surface area contributed by atoms with Gasteiger partial charge in [0.05, 0.1) is 0 Å². The Morgan fingerprint density at radius 2 is 1.71 bits per heavy atom. The van der Waals surface area contributed by atoms with Crippen LogP contribution in [0.5, 0.6) is 0 Å². The normalized spacial score (nSPS) is 10.1. The summed E-state index contributed by atoms with van der Waals surface area (Å²) in [5.74, 6) is 0. The van der Waals surface area contributed by atoms with Gasteiger partial charge in [-0.3, -0.25) is 0 Å². The van der Waals surface area contributed by atoms with Gasteiger partial charge in [0.2, 0.25) is 0 Å². The van der Waals surface area contributed by atoms with Crippen molar-refractivity contribution in [2.24, 2.45) is 0 Å². The van der Waals surface area contributed by atoms with E-state index in [1.165, 1.54) is 33.7 Å². The first-order valence-electron chi connectivity index (χ1n) is 4.53. The average molecular weight is 377 g/mol. The first-order valence-corrected chi connectivity index (χ1v) is 6.27. The molecule has 0 atom stereocenters. The number of aromatic nitrogens is 1. The van der Waals surface area contributed by atoms with Crippen LogP contribution in [0.2, 0.25) is 0 Å². The summed E-state index contributed by atoms with van der Waals surface area (Å²) < 4.78 is 1.19. The van der Waals surface area contributed by atoms with Gasteiger partial charge in [-0.25, -0.2) is 0 Å². The Hall–Kier alpha value is -0.747. The summed E-state index contributed by atoms with van der Waals surface area (Å²) in [6.07, 6.45) is 0.937. The third-order valence-corrected chi connectivity index (χ3v) is 2.99. The quantitative estimate of drug-likeness (QED) is 0.723. The second-order valence-electron chi connectivity index (χ2n) is 3.15. The topological polar surface area (TPSA) is 12.9 Å². The molecule has 1 aromatic carbocycles. The minimum atomic E-state index is 0.937. The van der Waals surface area contributed by atoms with E-state index in [9.17, 15) is 0 Å². The van der Waals surface area contributed by atoms with Crippen LogP contribution in [0.4, 0.5) is 0 Å². The molecule has 0 amide bonds. The van der Waals surface area contributed by atoms with Crippen molar-refractivity contribution < 1.29 is 0 Å². The Kier molecular flexibility index (Phi) is 3.26. The molecule has 1 heterocycles. The number of hydrogen-bond acceptors (Lipinski definition) is 1. The Morgan fingerprint density at radius 3 is 2.43 bits per heavy atom. The van der Waals surface area contributed by atoms with Crippen LogP contribution in [-0.4, -0.2) is 29.7 Å². The summed E-state index contributed by atoms with van der Waals surface area (Å²) in [6.45, 7) is 0. The van der Waals surface area contributed by atoms with E-state index in [4.69, 9.17) is 0 Å². The van der Waals surface area contributed by atoms with E-state index < -0.39 is 0 Å². The molecule has 0 saturated heterocycles. The molecule has 0 unspecified atom stereocenters. The van der Waals surface area contributed by atoms with Crippen molar-refractivity contribution in [2.45, 2.75) is 6.42 Å². The van der Waals surface area contributed by atoms with Crippen molar-refractivity contribution in [3.05, 3.63) is 59.8 Å². The van der Waals surface area contributed by atoms with Crippen molar-refractivity contribution in [3.8, 4) is 0 Å². The first-order chi connectivity index (χ1) is 6.84. The van der Waals surface area contributed by atoms with Gasteiger partial charge in [0.15, 0.2) is 0 Å². The van der Waals surface area contributed by atoms with Crippen LogP contribution in [0.1, 0.15) is 11.3 Å². The molecule has 0 N–H and O–H groups in total. The molecule has 2 aromatic rings. The number of benzene rings is 1. The molecule has 0 saturated carbocycles. The first kappa shape index (κ1) is 9.79. The summed E-state index contributed by atoms with van der Waals surface area (Å²) in [7, 11) is 0. The Labute approximate surface area is 99.0 Å². The molecule has 1 aromatic heterocycles. The fraction of sp³-hybridized carbons (Fsp3) is 0.0833. The van der Waals surface area contributed by atoms with Gasteiger partial charge in [-0.05, 0) is 0 Å². The van der Waals surface area contributed by atoms with Crippen LogP contribution in [0.3, 0.4) is 0 Å². The molecular weight excluding hydrogens is 367 g/mol. The van der Waals surface area contributed by atoms with E-state index in [1.807, 2.05) is 6.07 Å². The van der Waals surface area contributed by atoms with Gasteiger partial charge in [-0.2, -0.15) is 0 Å². The number of hydrogen-bond donors (Lipinski definition) is 0. The van der Waals surface area contributed by atoms with Crippen molar-refractivity contribution >= 4 is 28.1 Å². The van der Waals surface area contributed by atoms with E-state index in [1.54, 1.807) is 0 Å². The maximum atomic E-state index is 4.52. The van der Waals surface area contributed by atoms with Crippen molar-refractivity contribution in [3.63, 3.8) is 0 Å². The van der Waals surface area contributed by atoms with Gasteiger partial charge in [0.25, 0.3) is 0 Å². The summed E-state index contributed by atoms with van der Waals surface area (Å²) in [5.41, 5.74) is 2.49. The van der Waals surface area contributed by atoms with Gasteiger partial charge in [-0.15, -0.1) is 0 Å². The fourth-order valence-corrected chi connectivity index (χ4v) is 2.20. The predicted molar refractivity (Wildman–Crippen MR) is 58.9 cm³/mol. The Balaban J connectivity index is 2.19. The van der Waals surface area contributed by atoms with Crippen LogP contribution in [0, 0.1) is 0 Å². The predicted octanol–water partition coefficient (Wildman–Crippen LogP) is 1.47. The summed E-state index contributed by atoms with van der Waals surface area (Å²) in [5, 5.41) is 0. The van der Waals surface area contributed by atoms with Crippen LogP contribution in [0.25, 0.3) is 0 Å². The van der Waals surface area contributed by atoms with Crippen LogP contribution >= 0.6 is 0 Å². The summed E-state index contributed by atoms with van der Waals surface area (Å²) in [4.78, 5) is 4.52. The van der Waals surface area contributed by atoms with Gasteiger partial charge < -0.3 is 0 Å². The number of rotatable bonds is 2. The summed E-state index contributed by atoms with van der Waals surface area (Å²) >= 11 is 1.23. The molecule has 0 aliphatic carbocycles. The van der Waals surface area contributed by atoms with Crippen LogP contribution in [0.15, 0.2) is 48.5 Å². The standard InChI is InChI=1S/C12H10N.Bi/c1-2-6-11(7-3-1)10-12-8-4-5-9-13-12;/h1-8H,10H2;. The zero-order valence-corrected chi connectivity index (χ0v) is 11.2. The Bertz CT molecular complexity index is 412. The Morgan fingerprint density at radius 1 is 0.929 bits per heavy atom. The minimum absolute atomic E-state index is 0.937. The van der Waals surface area contributed by atoms with Gasteiger partial charge in [-0.1, -0.05) is 0 Å². The molecule has 0 aliphatic heterocycles. The molecule has 2 radical (unpaired) electrons. The van der Waals surface area contributed by atoms with Gasteiger partial charge in [0.1, 0.15) is 0 Å². The molecule has 0 bridgehead atoms. The summed E-state index contributed by atoms with van der Waals surface area (Å²) in [6, 6.07) is 16.7. The van der Waals surface area contributed by atoms with E-state index >= 15 is 0 Å². The molecule has 0 spiro atoms. The molecule has 0 fully saturated rings. The fourth-order valence-electron chi connectivity index (χ4n) is 1.37. The average Bonchev–Trinajstić information content (AvgIpc) is 2.19. The maximum absolute atomic E-state index is 4.52. The molecular formula is C12H10BiN. The van der Waals surface area contributed by atoms with E-state index in [0.29, 0.717) is 0 Å². The second-order valence-corrected chi connectivity index (χ2v) is 4.93. The molecule has 0 aliphatic rings. The van der Waals surface area contributed by atoms with E-state index in [0.717, 1.165) is 12.1 Å². The zero-order valence-electron chi connectivity index (χ0n) is 7.72. The van der Waals surface area contributed by atoms with Crippen molar-refractivity contribution in [1.82, 2.24) is 4.98 Å². The van der Waals surface area contributed by atoms with E-state index in [2.05, 4.69) is 47.4 Å². The monoisotopic (exact) mass is 377 g/mol. The molecule has 14 heavy (non-hydrogen) atoms. The third-order valence-electron chi connectivity index (χ3n) is 2.02. The number of pyridine rings is 1. The zero-order chi connectivity index (χ0) is 9.80. The molecule has 1 nitrogen and oxygen atoms in total. The van der Waals surface area contributed by atoms with Crippen molar-refractivity contribution in [1.29, 1.82) is 0 Å². The van der Waals surface area contributed by atoms with E-state index in [-0.39, 0.29) is 0 Å². The second kappa shape index (κ2) is 4.66. The number of nitrogens with zero attached hydrogens (tertiary/aromatic N) is 1. The molecule has 2 heteroatoms. The molecule has 68 valence electrons. The molecule has 2 rings (SSSR count). The van der Waals surface area contributed by atoms with Gasteiger partial charge in [0, 0.05) is 0 Å². The van der Waals surface area contributed by atoms with Crippen LogP contribution < -0.4 is 3.40 Å². The van der Waals surface area contributed by atoms with Gasteiger partial charge >= 0.3 is 99.3 Å². The van der Waals surface area contributed by atoms with Crippen LogP contribution in [-0.2, 0) is 6.42 Å².